The lowest BCUT2D eigenvalue weighted by Crippen LogP contribution is -2.47. The molecule has 0 aromatic heterocycles. The molecule has 2 N–H and O–H groups in total. The maximum Gasteiger partial charge on any atom is 0.408 e. The average Bonchev–Trinajstić information content (AvgIpc) is 2.70. The Bertz CT molecular complexity index is 657. The van der Waals surface area contributed by atoms with E-state index in [4.69, 9.17) is 18.9 Å². The Balaban J connectivity index is 1.82. The van der Waals surface area contributed by atoms with Crippen LogP contribution in [0.5, 0.6) is 17.2 Å². The molecule has 30 heavy (non-hydrogen) atoms. The van der Waals surface area contributed by atoms with Crippen molar-refractivity contribution in [3.05, 3.63) is 17.7 Å². The van der Waals surface area contributed by atoms with Crippen molar-refractivity contribution >= 4 is 6.09 Å². The SMILES string of the molecule is CCOc1cc(OC)c(CNC2CCN(CNC(=O)OC(C)(C)C)CC2)c(OC)c1. The Labute approximate surface area is 180 Å². The minimum Gasteiger partial charge on any atom is -0.496 e. The highest BCUT2D eigenvalue weighted by molar-refractivity contribution is 5.67. The fourth-order valence-corrected chi connectivity index (χ4v) is 3.42. The summed E-state index contributed by atoms with van der Waals surface area (Å²) < 4.78 is 22.0. The molecule has 8 heteroatoms. The largest absolute Gasteiger partial charge is 0.496 e. The van der Waals surface area contributed by atoms with Gasteiger partial charge in [0.15, 0.2) is 0 Å². The zero-order chi connectivity index (χ0) is 22.1. The van der Waals surface area contributed by atoms with E-state index in [-0.39, 0.29) is 6.09 Å². The van der Waals surface area contributed by atoms with Crippen LogP contribution in [-0.2, 0) is 11.3 Å². The topological polar surface area (TPSA) is 81.3 Å². The molecule has 0 unspecified atom stereocenters. The second kappa shape index (κ2) is 11.3. The van der Waals surface area contributed by atoms with Gasteiger partial charge in [0.05, 0.1) is 33.1 Å². The molecule has 2 rings (SSSR count). The van der Waals surface area contributed by atoms with Crippen molar-refractivity contribution in [3.63, 3.8) is 0 Å². The Morgan fingerprint density at radius 3 is 2.23 bits per heavy atom. The highest BCUT2D eigenvalue weighted by Crippen LogP contribution is 2.34. The van der Waals surface area contributed by atoms with E-state index in [0.717, 1.165) is 48.7 Å². The predicted octanol–water partition coefficient (Wildman–Crippen LogP) is 3.14. The van der Waals surface area contributed by atoms with Gasteiger partial charge in [0.25, 0.3) is 0 Å². The second-order valence-electron chi connectivity index (χ2n) is 8.35. The maximum absolute atomic E-state index is 11.8. The summed E-state index contributed by atoms with van der Waals surface area (Å²) >= 11 is 0. The Morgan fingerprint density at radius 1 is 1.13 bits per heavy atom. The summed E-state index contributed by atoms with van der Waals surface area (Å²) in [4.78, 5) is 14.0. The number of rotatable bonds is 9. The van der Waals surface area contributed by atoms with Crippen molar-refractivity contribution in [1.29, 1.82) is 0 Å². The molecule has 1 fully saturated rings. The van der Waals surface area contributed by atoms with Gasteiger partial charge in [-0.3, -0.25) is 4.90 Å². The lowest BCUT2D eigenvalue weighted by molar-refractivity contribution is 0.0480. The molecular formula is C22H37N3O5. The van der Waals surface area contributed by atoms with Crippen molar-refractivity contribution < 1.29 is 23.7 Å². The number of likely N-dealkylation sites (tertiary alicyclic amines) is 1. The number of carbonyl (C=O) groups is 1. The van der Waals surface area contributed by atoms with Crippen LogP contribution < -0.4 is 24.8 Å². The quantitative estimate of drug-likeness (QED) is 0.631. The highest BCUT2D eigenvalue weighted by Gasteiger charge is 2.22. The molecule has 1 amide bonds. The van der Waals surface area contributed by atoms with Crippen molar-refractivity contribution in [1.82, 2.24) is 15.5 Å². The summed E-state index contributed by atoms with van der Waals surface area (Å²) in [5, 5.41) is 6.44. The number of benzene rings is 1. The molecule has 1 aromatic carbocycles. The van der Waals surface area contributed by atoms with Crippen LogP contribution in [0.15, 0.2) is 12.1 Å². The molecule has 1 aromatic rings. The van der Waals surface area contributed by atoms with E-state index < -0.39 is 5.60 Å². The molecule has 170 valence electrons. The van der Waals surface area contributed by atoms with E-state index in [9.17, 15) is 4.79 Å². The lowest BCUT2D eigenvalue weighted by Gasteiger charge is -2.32. The third kappa shape index (κ3) is 7.57. The lowest BCUT2D eigenvalue weighted by atomic mass is 10.0. The Morgan fingerprint density at radius 2 is 1.73 bits per heavy atom. The van der Waals surface area contributed by atoms with E-state index in [1.807, 2.05) is 39.8 Å². The number of carbonyl (C=O) groups excluding carboxylic acids is 1. The smallest absolute Gasteiger partial charge is 0.408 e. The van der Waals surface area contributed by atoms with Crippen LogP contribution >= 0.6 is 0 Å². The molecule has 1 aliphatic heterocycles. The molecule has 1 saturated heterocycles. The molecule has 0 bridgehead atoms. The zero-order valence-corrected chi connectivity index (χ0v) is 19.2. The normalized spacial score (nSPS) is 15.5. The fourth-order valence-electron chi connectivity index (χ4n) is 3.42. The van der Waals surface area contributed by atoms with E-state index in [0.29, 0.717) is 25.9 Å². The summed E-state index contributed by atoms with van der Waals surface area (Å²) in [6.45, 7) is 11.1. The van der Waals surface area contributed by atoms with Crippen molar-refractivity contribution in [2.24, 2.45) is 0 Å². The maximum atomic E-state index is 11.8. The van der Waals surface area contributed by atoms with Gasteiger partial charge in [0, 0.05) is 37.8 Å². The minimum absolute atomic E-state index is 0.377. The van der Waals surface area contributed by atoms with Crippen LogP contribution in [0.25, 0.3) is 0 Å². The predicted molar refractivity (Wildman–Crippen MR) is 116 cm³/mol. The van der Waals surface area contributed by atoms with Gasteiger partial charge < -0.3 is 29.6 Å². The van der Waals surface area contributed by atoms with Gasteiger partial charge in [-0.25, -0.2) is 4.79 Å². The standard InChI is InChI=1S/C22H37N3O5/c1-7-29-17-12-19(27-5)18(20(13-17)28-6)14-23-16-8-10-25(11-9-16)15-24-21(26)30-22(2,3)4/h12-13,16,23H,7-11,14-15H2,1-6H3,(H,24,26). The molecule has 0 spiro atoms. The summed E-state index contributed by atoms with van der Waals surface area (Å²) in [6.07, 6.45) is 1.62. The Hall–Kier alpha value is -2.19. The Kier molecular flexibility index (Phi) is 9.05. The number of methoxy groups -OCH3 is 2. The van der Waals surface area contributed by atoms with Crippen molar-refractivity contribution in [3.8, 4) is 17.2 Å². The van der Waals surface area contributed by atoms with Gasteiger partial charge in [-0.2, -0.15) is 0 Å². The average molecular weight is 424 g/mol. The third-order valence-corrected chi connectivity index (χ3v) is 4.89. The number of alkyl carbamates (subject to hydrolysis) is 1. The number of hydrogen-bond acceptors (Lipinski definition) is 7. The molecule has 0 aliphatic carbocycles. The summed E-state index contributed by atoms with van der Waals surface area (Å²) in [5.74, 6) is 2.24. The zero-order valence-electron chi connectivity index (χ0n) is 19.2. The summed E-state index contributed by atoms with van der Waals surface area (Å²) in [7, 11) is 3.31. The first-order valence-electron chi connectivity index (χ1n) is 10.6. The third-order valence-electron chi connectivity index (χ3n) is 4.89. The van der Waals surface area contributed by atoms with Gasteiger partial charge in [-0.05, 0) is 40.5 Å². The number of piperidine rings is 1. The fraction of sp³-hybridized carbons (Fsp3) is 0.682. The van der Waals surface area contributed by atoms with E-state index in [1.54, 1.807) is 14.2 Å². The van der Waals surface area contributed by atoms with Gasteiger partial charge in [0.1, 0.15) is 22.8 Å². The first-order chi connectivity index (χ1) is 14.3. The molecule has 8 nitrogen and oxygen atoms in total. The van der Waals surface area contributed by atoms with E-state index in [2.05, 4.69) is 15.5 Å². The van der Waals surface area contributed by atoms with Crippen molar-refractivity contribution in [2.75, 3.05) is 40.6 Å². The number of nitrogens with zero attached hydrogens (tertiary/aromatic N) is 1. The molecule has 0 radical (unpaired) electrons. The van der Waals surface area contributed by atoms with E-state index in [1.165, 1.54) is 0 Å². The second-order valence-corrected chi connectivity index (χ2v) is 8.35. The highest BCUT2D eigenvalue weighted by atomic mass is 16.6. The van der Waals surface area contributed by atoms with Gasteiger partial charge in [-0.15, -0.1) is 0 Å². The van der Waals surface area contributed by atoms with Crippen LogP contribution in [0.4, 0.5) is 4.79 Å². The molecule has 1 heterocycles. The van der Waals surface area contributed by atoms with Crippen molar-refractivity contribution in [2.45, 2.75) is 58.7 Å². The molecular weight excluding hydrogens is 386 g/mol. The number of amides is 1. The number of ether oxygens (including phenoxy) is 4. The van der Waals surface area contributed by atoms with Gasteiger partial charge >= 0.3 is 6.09 Å². The van der Waals surface area contributed by atoms with Crippen LogP contribution in [0.2, 0.25) is 0 Å². The first-order valence-corrected chi connectivity index (χ1v) is 10.6. The van der Waals surface area contributed by atoms with Crippen LogP contribution in [0, 0.1) is 0 Å². The molecule has 1 aliphatic rings. The molecule has 0 saturated carbocycles. The minimum atomic E-state index is -0.482. The molecule has 0 atom stereocenters. The van der Waals surface area contributed by atoms with Gasteiger partial charge in [-0.1, -0.05) is 0 Å². The first kappa shape index (κ1) is 24.1. The summed E-state index contributed by atoms with van der Waals surface area (Å²) in [5.41, 5.74) is 0.502. The van der Waals surface area contributed by atoms with Gasteiger partial charge in [0.2, 0.25) is 0 Å². The van der Waals surface area contributed by atoms with E-state index >= 15 is 0 Å². The van der Waals surface area contributed by atoms with Crippen LogP contribution in [0.3, 0.4) is 0 Å². The number of hydrogen-bond donors (Lipinski definition) is 2. The van der Waals surface area contributed by atoms with Crippen LogP contribution in [-0.4, -0.2) is 63.2 Å². The monoisotopic (exact) mass is 423 g/mol. The number of nitrogens with one attached hydrogen (secondary N) is 2. The summed E-state index contributed by atoms with van der Waals surface area (Å²) in [6, 6.07) is 4.19. The van der Waals surface area contributed by atoms with Crippen LogP contribution in [0.1, 0.15) is 46.1 Å².